The van der Waals surface area contributed by atoms with Crippen molar-refractivity contribution >= 4 is 10.1 Å². The Hall–Kier alpha value is -1.03. The fraction of sp³-hybridized carbons (Fsp3) is 0.250. The van der Waals surface area contributed by atoms with Crippen molar-refractivity contribution in [1.29, 1.82) is 0 Å². The maximum Gasteiger partial charge on any atom is 0.306 e. The third kappa shape index (κ3) is 2.92. The molecular weight excluding hydrogens is 176 g/mol. The zero-order chi connectivity index (χ0) is 9.19. The summed E-state index contributed by atoms with van der Waals surface area (Å²) < 4.78 is 26.0. The molecule has 0 heterocycles. The van der Waals surface area contributed by atoms with Gasteiger partial charge in [0.2, 0.25) is 0 Å². The van der Waals surface area contributed by atoms with Crippen LogP contribution in [-0.2, 0) is 10.1 Å². The lowest BCUT2D eigenvalue weighted by molar-refractivity contribution is 0.493. The Morgan fingerprint density at radius 1 is 1.42 bits per heavy atom. The van der Waals surface area contributed by atoms with Crippen molar-refractivity contribution in [3.8, 4) is 5.75 Å². The quantitative estimate of drug-likeness (QED) is 0.649. The Bertz CT molecular complexity index is 368. The Morgan fingerprint density at radius 3 is 2.58 bits per heavy atom. The smallest absolute Gasteiger partial charge is 0.306 e. The lowest BCUT2D eigenvalue weighted by atomic mass is 10.2. The summed E-state index contributed by atoms with van der Waals surface area (Å²) in [4.78, 5) is 0. The zero-order valence-electron chi connectivity index (χ0n) is 6.87. The van der Waals surface area contributed by atoms with Crippen molar-refractivity contribution in [3.63, 3.8) is 0 Å². The van der Waals surface area contributed by atoms with Crippen LogP contribution in [0.3, 0.4) is 0 Å². The minimum Gasteiger partial charge on any atom is -0.383 e. The molecule has 0 unspecified atom stereocenters. The molecule has 0 saturated carbocycles. The summed E-state index contributed by atoms with van der Waals surface area (Å²) in [5.41, 5.74) is 0.913. The molecule has 4 heteroatoms. The third-order valence-electron chi connectivity index (χ3n) is 1.15. The largest absolute Gasteiger partial charge is 0.383 e. The van der Waals surface area contributed by atoms with Crippen LogP contribution in [0.1, 0.15) is 5.56 Å². The summed E-state index contributed by atoms with van der Waals surface area (Å²) in [7, 11) is -3.41. The molecular formula is C8H9O3S. The topological polar surface area (TPSA) is 43.4 Å². The molecule has 0 aliphatic carbocycles. The molecule has 1 aromatic carbocycles. The van der Waals surface area contributed by atoms with Gasteiger partial charge < -0.3 is 4.18 Å². The van der Waals surface area contributed by atoms with Crippen molar-refractivity contribution in [1.82, 2.24) is 0 Å². The summed E-state index contributed by atoms with van der Waals surface area (Å²) in [6, 6.07) is 7.62. The molecule has 0 aliphatic heterocycles. The highest BCUT2D eigenvalue weighted by atomic mass is 32.2. The third-order valence-corrected chi connectivity index (χ3v) is 1.65. The van der Waals surface area contributed by atoms with E-state index in [0.29, 0.717) is 5.75 Å². The summed E-state index contributed by atoms with van der Waals surface area (Å²) in [6.45, 7) is 1.84. The Balaban J connectivity index is 2.91. The maximum absolute atomic E-state index is 10.7. The Morgan fingerprint density at radius 2 is 2.08 bits per heavy atom. The van der Waals surface area contributed by atoms with Gasteiger partial charge in [-0.25, -0.2) is 0 Å². The maximum atomic E-state index is 10.7. The molecule has 0 fully saturated rings. The molecule has 1 radical (unpaired) electrons. The monoisotopic (exact) mass is 185 g/mol. The van der Waals surface area contributed by atoms with Crippen LogP contribution in [0.5, 0.6) is 5.75 Å². The van der Waals surface area contributed by atoms with Gasteiger partial charge in [0.05, 0.1) is 6.26 Å². The van der Waals surface area contributed by atoms with E-state index in [2.05, 4.69) is 10.2 Å². The number of benzene rings is 1. The minimum absolute atomic E-state index is 0.303. The zero-order valence-corrected chi connectivity index (χ0v) is 7.68. The van der Waals surface area contributed by atoms with Gasteiger partial charge >= 0.3 is 10.1 Å². The molecule has 65 valence electrons. The van der Waals surface area contributed by atoms with Gasteiger partial charge in [-0.3, -0.25) is 0 Å². The second-order valence-electron chi connectivity index (χ2n) is 2.53. The first kappa shape index (κ1) is 9.06. The highest BCUT2D eigenvalue weighted by Gasteiger charge is 2.02. The van der Waals surface area contributed by atoms with Gasteiger partial charge in [-0.2, -0.15) is 8.42 Å². The molecule has 1 aromatic rings. The summed E-state index contributed by atoms with van der Waals surface area (Å²) >= 11 is 0. The van der Waals surface area contributed by atoms with Crippen molar-refractivity contribution in [2.24, 2.45) is 0 Å². The molecule has 0 saturated heterocycles. The van der Waals surface area contributed by atoms with Crippen LogP contribution in [0.2, 0.25) is 0 Å². The SMILES string of the molecule is Cc1c[c]cc(OS(C)(=O)=O)c1. The van der Waals surface area contributed by atoms with Gasteiger partial charge in [-0.05, 0) is 30.7 Å². The summed E-state index contributed by atoms with van der Waals surface area (Å²) in [5, 5.41) is 0. The van der Waals surface area contributed by atoms with E-state index in [1.807, 2.05) is 6.92 Å². The fourth-order valence-corrected chi connectivity index (χ4v) is 1.23. The summed E-state index contributed by atoms with van der Waals surface area (Å²) in [6.07, 6.45) is 1.01. The van der Waals surface area contributed by atoms with Crippen LogP contribution in [0.15, 0.2) is 18.2 Å². The number of hydrogen-bond donors (Lipinski definition) is 0. The second-order valence-corrected chi connectivity index (χ2v) is 4.11. The lowest BCUT2D eigenvalue weighted by Crippen LogP contribution is -2.05. The molecule has 0 spiro atoms. The minimum atomic E-state index is -3.41. The van der Waals surface area contributed by atoms with Gasteiger partial charge in [0.25, 0.3) is 0 Å². The molecule has 3 nitrogen and oxygen atoms in total. The molecule has 0 aliphatic rings. The van der Waals surface area contributed by atoms with Crippen LogP contribution in [0.4, 0.5) is 0 Å². The van der Waals surface area contributed by atoms with Crippen molar-refractivity contribution in [3.05, 3.63) is 29.8 Å². The average molecular weight is 185 g/mol. The molecule has 0 aromatic heterocycles. The fourth-order valence-electron chi connectivity index (χ4n) is 0.786. The molecule has 12 heavy (non-hydrogen) atoms. The van der Waals surface area contributed by atoms with Crippen molar-refractivity contribution < 1.29 is 12.6 Å². The number of aryl methyl sites for hydroxylation is 1. The first-order valence-corrected chi connectivity index (χ1v) is 5.16. The van der Waals surface area contributed by atoms with E-state index in [1.165, 1.54) is 6.07 Å². The standard InChI is InChI=1S/C8H9O3S/c1-7-4-3-5-8(6-7)11-12(2,9)10/h4-6H,1-2H3. The lowest BCUT2D eigenvalue weighted by Gasteiger charge is -2.01. The van der Waals surface area contributed by atoms with Crippen LogP contribution >= 0.6 is 0 Å². The molecule has 0 N–H and O–H groups in total. The van der Waals surface area contributed by atoms with E-state index in [1.54, 1.807) is 12.1 Å². The first-order valence-electron chi connectivity index (χ1n) is 3.34. The highest BCUT2D eigenvalue weighted by molar-refractivity contribution is 7.86. The predicted octanol–water partition coefficient (Wildman–Crippen LogP) is 1.13. The van der Waals surface area contributed by atoms with Crippen LogP contribution < -0.4 is 4.18 Å². The predicted molar refractivity (Wildman–Crippen MR) is 45.5 cm³/mol. The average Bonchev–Trinajstić information content (AvgIpc) is 1.82. The Kier molecular flexibility index (Phi) is 2.38. The summed E-state index contributed by atoms with van der Waals surface area (Å²) in [5.74, 6) is 0.303. The van der Waals surface area contributed by atoms with E-state index in [9.17, 15) is 8.42 Å². The number of rotatable bonds is 2. The van der Waals surface area contributed by atoms with Gasteiger partial charge in [0, 0.05) is 0 Å². The molecule has 0 amide bonds. The van der Waals surface area contributed by atoms with Gasteiger partial charge in [-0.15, -0.1) is 0 Å². The van der Waals surface area contributed by atoms with Gasteiger partial charge in [0.15, 0.2) is 0 Å². The van der Waals surface area contributed by atoms with E-state index in [-0.39, 0.29) is 0 Å². The highest BCUT2D eigenvalue weighted by Crippen LogP contribution is 2.13. The second kappa shape index (κ2) is 3.15. The van der Waals surface area contributed by atoms with E-state index >= 15 is 0 Å². The van der Waals surface area contributed by atoms with Crippen LogP contribution in [0, 0.1) is 13.0 Å². The van der Waals surface area contributed by atoms with Crippen LogP contribution in [-0.4, -0.2) is 14.7 Å². The van der Waals surface area contributed by atoms with E-state index in [4.69, 9.17) is 0 Å². The number of hydrogen-bond acceptors (Lipinski definition) is 3. The van der Waals surface area contributed by atoms with Gasteiger partial charge in [-0.1, -0.05) is 6.07 Å². The molecule has 0 bridgehead atoms. The van der Waals surface area contributed by atoms with Crippen molar-refractivity contribution in [2.75, 3.05) is 6.26 Å². The van der Waals surface area contributed by atoms with E-state index in [0.717, 1.165) is 11.8 Å². The first-order chi connectivity index (χ1) is 5.47. The normalized spacial score (nSPS) is 11.2. The van der Waals surface area contributed by atoms with Crippen molar-refractivity contribution in [2.45, 2.75) is 6.92 Å². The molecule has 0 atom stereocenters. The van der Waals surface area contributed by atoms with Crippen LogP contribution in [0.25, 0.3) is 0 Å². The van der Waals surface area contributed by atoms with Gasteiger partial charge in [0.1, 0.15) is 5.75 Å². The Labute approximate surface area is 72.1 Å². The molecule has 1 rings (SSSR count). The van der Waals surface area contributed by atoms with E-state index < -0.39 is 10.1 Å².